The van der Waals surface area contributed by atoms with E-state index in [1.165, 1.54) is 0 Å². The van der Waals surface area contributed by atoms with E-state index in [9.17, 15) is 18.4 Å². The molecule has 0 saturated carbocycles. The number of nitrogens with zero attached hydrogens (tertiary/aromatic N) is 1. The van der Waals surface area contributed by atoms with Crippen molar-refractivity contribution in [3.63, 3.8) is 0 Å². The van der Waals surface area contributed by atoms with Crippen LogP contribution in [0.25, 0.3) is 0 Å². The van der Waals surface area contributed by atoms with Crippen molar-refractivity contribution in [3.05, 3.63) is 59.7 Å². The molecule has 2 aromatic carbocycles. The zero-order valence-electron chi connectivity index (χ0n) is 12.9. The molecule has 1 fully saturated rings. The molecule has 124 valence electrons. The molecule has 2 aromatic rings. The topological polar surface area (TPSA) is 49.4 Å². The fourth-order valence-corrected chi connectivity index (χ4v) is 2.68. The van der Waals surface area contributed by atoms with Crippen LogP contribution in [0.4, 0.5) is 20.2 Å². The minimum absolute atomic E-state index is 0.0893. The van der Waals surface area contributed by atoms with Gasteiger partial charge in [0.05, 0.1) is 5.56 Å². The Bertz CT molecular complexity index is 775. The molecule has 0 bridgehead atoms. The maximum atomic E-state index is 13.6. The molecule has 24 heavy (non-hydrogen) atoms. The maximum absolute atomic E-state index is 13.6. The fraction of sp³-hybridized carbons (Fsp3) is 0.222. The van der Waals surface area contributed by atoms with E-state index in [2.05, 4.69) is 5.32 Å². The van der Waals surface area contributed by atoms with E-state index in [-0.39, 0.29) is 11.5 Å². The fourth-order valence-electron chi connectivity index (χ4n) is 2.68. The summed E-state index contributed by atoms with van der Waals surface area (Å²) in [5, 5.41) is 2.56. The van der Waals surface area contributed by atoms with Gasteiger partial charge in [-0.3, -0.25) is 9.59 Å². The predicted molar refractivity (Wildman–Crippen MR) is 87.0 cm³/mol. The van der Waals surface area contributed by atoms with E-state index in [0.29, 0.717) is 24.7 Å². The Balaban J connectivity index is 1.72. The molecule has 1 N–H and O–H groups in total. The van der Waals surface area contributed by atoms with Gasteiger partial charge in [0.2, 0.25) is 5.91 Å². The number of benzene rings is 2. The number of hydrogen-bond donors (Lipinski definition) is 1. The van der Waals surface area contributed by atoms with Crippen molar-refractivity contribution in [1.29, 1.82) is 0 Å². The maximum Gasteiger partial charge on any atom is 0.258 e. The van der Waals surface area contributed by atoms with E-state index < -0.39 is 17.5 Å². The lowest BCUT2D eigenvalue weighted by atomic mass is 10.1. The van der Waals surface area contributed by atoms with E-state index in [1.54, 1.807) is 29.2 Å². The van der Waals surface area contributed by atoms with Gasteiger partial charge in [-0.25, -0.2) is 8.78 Å². The van der Waals surface area contributed by atoms with Crippen molar-refractivity contribution in [1.82, 2.24) is 0 Å². The number of amides is 2. The number of hydrogen-bond acceptors (Lipinski definition) is 2. The largest absolute Gasteiger partial charge is 0.322 e. The van der Waals surface area contributed by atoms with Crippen molar-refractivity contribution in [2.45, 2.75) is 19.3 Å². The highest BCUT2D eigenvalue weighted by atomic mass is 19.1. The molecule has 3 rings (SSSR count). The molecule has 0 spiro atoms. The minimum Gasteiger partial charge on any atom is -0.322 e. The van der Waals surface area contributed by atoms with Crippen LogP contribution in [0.5, 0.6) is 0 Å². The number of carbonyl (C=O) groups is 2. The Morgan fingerprint density at radius 1 is 1.04 bits per heavy atom. The van der Waals surface area contributed by atoms with Gasteiger partial charge in [-0.05, 0) is 49.2 Å². The van der Waals surface area contributed by atoms with Crippen LogP contribution in [0.1, 0.15) is 29.6 Å². The van der Waals surface area contributed by atoms with Gasteiger partial charge in [-0.15, -0.1) is 0 Å². The Labute approximate surface area is 138 Å². The average molecular weight is 330 g/mol. The first kappa shape index (κ1) is 16.1. The Hall–Kier alpha value is -2.76. The highest BCUT2D eigenvalue weighted by Gasteiger charge is 2.19. The first-order valence-electron chi connectivity index (χ1n) is 7.71. The molecule has 1 heterocycles. The van der Waals surface area contributed by atoms with Crippen LogP contribution in [0.2, 0.25) is 0 Å². The van der Waals surface area contributed by atoms with Gasteiger partial charge >= 0.3 is 0 Å². The second-order valence-corrected chi connectivity index (χ2v) is 5.63. The number of halogens is 2. The standard InChI is InChI=1S/C18H16F2N2O2/c19-12-4-9-15(16(20)11-12)18(24)21-13-5-7-14(8-6-13)22-10-2-1-3-17(22)23/h4-9,11H,1-3,10H2,(H,21,24). The molecular weight excluding hydrogens is 314 g/mol. The van der Waals surface area contributed by atoms with Crippen molar-refractivity contribution >= 4 is 23.2 Å². The summed E-state index contributed by atoms with van der Waals surface area (Å²) in [6, 6.07) is 9.57. The summed E-state index contributed by atoms with van der Waals surface area (Å²) >= 11 is 0. The summed E-state index contributed by atoms with van der Waals surface area (Å²) in [5.41, 5.74) is 1.01. The van der Waals surface area contributed by atoms with Gasteiger partial charge in [-0.2, -0.15) is 0 Å². The van der Waals surface area contributed by atoms with Crippen LogP contribution < -0.4 is 10.2 Å². The molecule has 4 nitrogen and oxygen atoms in total. The number of anilines is 2. The van der Waals surface area contributed by atoms with Gasteiger partial charge in [-0.1, -0.05) is 0 Å². The zero-order chi connectivity index (χ0) is 17.1. The highest BCUT2D eigenvalue weighted by molar-refractivity contribution is 6.04. The van der Waals surface area contributed by atoms with Gasteiger partial charge in [0.1, 0.15) is 11.6 Å². The van der Waals surface area contributed by atoms with E-state index in [4.69, 9.17) is 0 Å². The summed E-state index contributed by atoms with van der Waals surface area (Å²) in [6.45, 7) is 0.686. The van der Waals surface area contributed by atoms with Crippen molar-refractivity contribution < 1.29 is 18.4 Å². The second-order valence-electron chi connectivity index (χ2n) is 5.63. The number of rotatable bonds is 3. The zero-order valence-corrected chi connectivity index (χ0v) is 12.9. The quantitative estimate of drug-likeness (QED) is 0.932. The van der Waals surface area contributed by atoms with E-state index in [0.717, 1.165) is 30.7 Å². The SMILES string of the molecule is O=C(Nc1ccc(N2CCCCC2=O)cc1)c1ccc(F)cc1F. The number of piperidine rings is 1. The molecular formula is C18H16F2N2O2. The van der Waals surface area contributed by atoms with Crippen LogP contribution in [0.15, 0.2) is 42.5 Å². The van der Waals surface area contributed by atoms with Crippen molar-refractivity contribution in [2.75, 3.05) is 16.8 Å². The van der Waals surface area contributed by atoms with Crippen LogP contribution in [-0.4, -0.2) is 18.4 Å². The third-order valence-electron chi connectivity index (χ3n) is 3.94. The van der Waals surface area contributed by atoms with Gasteiger partial charge in [0.15, 0.2) is 0 Å². The molecule has 0 unspecified atom stereocenters. The summed E-state index contributed by atoms with van der Waals surface area (Å²) < 4.78 is 26.5. The second kappa shape index (κ2) is 6.78. The lowest BCUT2D eigenvalue weighted by Crippen LogP contribution is -2.35. The first-order valence-corrected chi connectivity index (χ1v) is 7.71. The van der Waals surface area contributed by atoms with Crippen LogP contribution >= 0.6 is 0 Å². The smallest absolute Gasteiger partial charge is 0.258 e. The number of carbonyl (C=O) groups excluding carboxylic acids is 2. The lowest BCUT2D eigenvalue weighted by molar-refractivity contribution is -0.119. The molecule has 0 atom stereocenters. The molecule has 0 aromatic heterocycles. The monoisotopic (exact) mass is 330 g/mol. The normalized spacial score (nSPS) is 14.6. The lowest BCUT2D eigenvalue weighted by Gasteiger charge is -2.26. The van der Waals surface area contributed by atoms with Gasteiger partial charge in [0, 0.05) is 30.4 Å². The van der Waals surface area contributed by atoms with Crippen molar-refractivity contribution in [3.8, 4) is 0 Å². The number of nitrogens with one attached hydrogen (secondary N) is 1. The van der Waals surface area contributed by atoms with Gasteiger partial charge < -0.3 is 10.2 Å². The summed E-state index contributed by atoms with van der Waals surface area (Å²) in [4.78, 5) is 25.7. The van der Waals surface area contributed by atoms with Crippen LogP contribution in [0.3, 0.4) is 0 Å². The average Bonchev–Trinajstić information content (AvgIpc) is 2.56. The van der Waals surface area contributed by atoms with Gasteiger partial charge in [0.25, 0.3) is 5.91 Å². The van der Waals surface area contributed by atoms with Crippen LogP contribution in [0, 0.1) is 11.6 Å². The molecule has 1 aliphatic heterocycles. The molecule has 6 heteroatoms. The third-order valence-corrected chi connectivity index (χ3v) is 3.94. The predicted octanol–water partition coefficient (Wildman–Crippen LogP) is 3.73. The summed E-state index contributed by atoms with van der Waals surface area (Å²) in [7, 11) is 0. The molecule has 2 amide bonds. The van der Waals surface area contributed by atoms with Crippen molar-refractivity contribution in [2.24, 2.45) is 0 Å². The first-order chi connectivity index (χ1) is 11.5. The molecule has 0 radical (unpaired) electrons. The summed E-state index contributed by atoms with van der Waals surface area (Å²) in [6.07, 6.45) is 2.42. The third kappa shape index (κ3) is 3.42. The van der Waals surface area contributed by atoms with E-state index >= 15 is 0 Å². The Kier molecular flexibility index (Phi) is 4.55. The molecule has 1 saturated heterocycles. The van der Waals surface area contributed by atoms with Crippen LogP contribution in [-0.2, 0) is 4.79 Å². The highest BCUT2D eigenvalue weighted by Crippen LogP contribution is 2.23. The Morgan fingerprint density at radius 3 is 2.46 bits per heavy atom. The minimum atomic E-state index is -0.914. The van der Waals surface area contributed by atoms with E-state index in [1.807, 2.05) is 0 Å². The molecule has 0 aliphatic carbocycles. The molecule has 1 aliphatic rings. The summed E-state index contributed by atoms with van der Waals surface area (Å²) in [5.74, 6) is -2.22. The Morgan fingerprint density at radius 2 is 1.79 bits per heavy atom.